The van der Waals surface area contributed by atoms with E-state index in [0.717, 1.165) is 43.2 Å². The monoisotopic (exact) mass is 437 g/mol. The molecular formula is C20H31N5O4S. The fourth-order valence-corrected chi connectivity index (χ4v) is 4.57. The zero-order chi connectivity index (χ0) is 21.9. The topological polar surface area (TPSA) is 98.6 Å². The molecule has 0 fully saturated rings. The molecular weight excluding hydrogens is 406 g/mol. The van der Waals surface area contributed by atoms with E-state index in [1.807, 2.05) is 32.0 Å². The number of hydrogen-bond acceptors (Lipinski definition) is 7. The fourth-order valence-electron chi connectivity index (χ4n) is 3.73. The lowest BCUT2D eigenvalue weighted by molar-refractivity contribution is 0.268. The largest absolute Gasteiger partial charge is 0.493 e. The Kier molecular flexibility index (Phi) is 6.99. The number of nitrogens with one attached hydrogen (secondary N) is 1. The fraction of sp³-hybridized carbons (Fsp3) is 0.600. The van der Waals surface area contributed by atoms with E-state index in [-0.39, 0.29) is 5.92 Å². The lowest BCUT2D eigenvalue weighted by Gasteiger charge is -2.23. The second-order valence-corrected chi connectivity index (χ2v) is 9.73. The number of rotatable bonds is 8. The second-order valence-electron chi connectivity index (χ2n) is 7.95. The molecule has 0 saturated heterocycles. The van der Waals surface area contributed by atoms with Crippen LogP contribution in [0.5, 0.6) is 11.5 Å². The lowest BCUT2D eigenvalue weighted by Crippen LogP contribution is -2.33. The number of benzene rings is 1. The molecule has 0 aliphatic carbocycles. The van der Waals surface area contributed by atoms with Crippen LogP contribution in [-0.2, 0) is 29.5 Å². The van der Waals surface area contributed by atoms with Crippen LogP contribution in [0.4, 0.5) is 0 Å². The smallest absolute Gasteiger partial charge is 0.209 e. The molecule has 2 heterocycles. The summed E-state index contributed by atoms with van der Waals surface area (Å²) >= 11 is 0. The van der Waals surface area contributed by atoms with Crippen LogP contribution in [0.2, 0.25) is 0 Å². The highest BCUT2D eigenvalue weighted by Gasteiger charge is 2.28. The summed E-state index contributed by atoms with van der Waals surface area (Å²) in [6.07, 6.45) is 1.93. The van der Waals surface area contributed by atoms with Gasteiger partial charge in [-0.2, -0.15) is 0 Å². The minimum Gasteiger partial charge on any atom is -0.493 e. The summed E-state index contributed by atoms with van der Waals surface area (Å²) in [5.41, 5.74) is 1.14. The van der Waals surface area contributed by atoms with Crippen molar-refractivity contribution in [3.05, 3.63) is 35.4 Å². The summed E-state index contributed by atoms with van der Waals surface area (Å²) in [6, 6.07) is 5.56. The van der Waals surface area contributed by atoms with Crippen LogP contribution >= 0.6 is 0 Å². The third kappa shape index (κ3) is 5.30. The Bertz CT molecular complexity index is 974. The number of nitrogens with zero attached hydrogens (tertiary/aromatic N) is 4. The Morgan fingerprint density at radius 1 is 1.10 bits per heavy atom. The first-order chi connectivity index (χ1) is 14.2. The summed E-state index contributed by atoms with van der Waals surface area (Å²) < 4.78 is 39.2. The predicted octanol–water partition coefficient (Wildman–Crippen LogP) is 1.60. The molecule has 1 aliphatic rings. The van der Waals surface area contributed by atoms with Gasteiger partial charge >= 0.3 is 0 Å². The number of methoxy groups -OCH3 is 2. The maximum absolute atomic E-state index is 11.8. The van der Waals surface area contributed by atoms with E-state index in [2.05, 4.69) is 24.4 Å². The molecule has 0 unspecified atom stereocenters. The van der Waals surface area contributed by atoms with Crippen LogP contribution in [0.3, 0.4) is 0 Å². The van der Waals surface area contributed by atoms with Gasteiger partial charge in [-0.05, 0) is 23.6 Å². The van der Waals surface area contributed by atoms with Crippen molar-refractivity contribution >= 4 is 10.0 Å². The molecule has 10 heteroatoms. The molecule has 30 heavy (non-hydrogen) atoms. The van der Waals surface area contributed by atoms with Crippen LogP contribution in [0, 0.1) is 5.92 Å². The minimum absolute atomic E-state index is 0.0548. The molecule has 3 rings (SSSR count). The van der Waals surface area contributed by atoms with Crippen LogP contribution in [0.15, 0.2) is 18.2 Å². The maximum Gasteiger partial charge on any atom is 0.209 e. The van der Waals surface area contributed by atoms with Crippen molar-refractivity contribution < 1.29 is 17.9 Å². The van der Waals surface area contributed by atoms with Gasteiger partial charge in [-0.1, -0.05) is 19.9 Å². The van der Waals surface area contributed by atoms with E-state index in [4.69, 9.17) is 9.47 Å². The van der Waals surface area contributed by atoms with Gasteiger partial charge < -0.3 is 14.0 Å². The number of ether oxygens (including phenoxy) is 2. The van der Waals surface area contributed by atoms with Gasteiger partial charge in [0.2, 0.25) is 10.0 Å². The first-order valence-corrected chi connectivity index (χ1v) is 11.9. The standard InChI is InChI=1S/C20H31N5O4S/c1-14(2)19(23-30(5,26)27)20-22-21-18-8-9-24(10-11-25(18)20)13-15-6-7-16(28-3)17(12-15)29-4/h6-7,12,14,19,23H,8-11,13H2,1-5H3/t19-/m0/s1. The van der Waals surface area contributed by atoms with Crippen molar-refractivity contribution in [2.75, 3.05) is 33.6 Å². The van der Waals surface area contributed by atoms with E-state index in [9.17, 15) is 8.42 Å². The summed E-state index contributed by atoms with van der Waals surface area (Å²) in [5, 5.41) is 8.69. The highest BCUT2D eigenvalue weighted by molar-refractivity contribution is 7.88. The zero-order valence-corrected chi connectivity index (χ0v) is 19.1. The molecule has 0 bridgehead atoms. The van der Waals surface area contributed by atoms with E-state index < -0.39 is 16.1 Å². The molecule has 0 amide bonds. The van der Waals surface area contributed by atoms with E-state index in [1.165, 1.54) is 6.26 Å². The highest BCUT2D eigenvalue weighted by Crippen LogP contribution is 2.28. The second kappa shape index (κ2) is 9.32. The quantitative estimate of drug-likeness (QED) is 0.670. The number of hydrogen-bond donors (Lipinski definition) is 1. The van der Waals surface area contributed by atoms with Crippen LogP contribution in [-0.4, -0.2) is 61.6 Å². The Morgan fingerprint density at radius 3 is 2.47 bits per heavy atom. The van der Waals surface area contributed by atoms with Gasteiger partial charge in [0, 0.05) is 32.6 Å². The molecule has 0 spiro atoms. The van der Waals surface area contributed by atoms with Gasteiger partial charge in [0.05, 0.1) is 26.5 Å². The van der Waals surface area contributed by atoms with Crippen molar-refractivity contribution in [2.24, 2.45) is 5.92 Å². The van der Waals surface area contributed by atoms with Crippen LogP contribution in [0.25, 0.3) is 0 Å². The number of sulfonamides is 1. The molecule has 0 saturated carbocycles. The van der Waals surface area contributed by atoms with Gasteiger partial charge in [-0.15, -0.1) is 10.2 Å². The Hall–Kier alpha value is -2.17. The van der Waals surface area contributed by atoms with Gasteiger partial charge in [0.25, 0.3) is 0 Å². The van der Waals surface area contributed by atoms with Crippen LogP contribution < -0.4 is 14.2 Å². The maximum atomic E-state index is 11.8. The molecule has 1 aromatic heterocycles. The predicted molar refractivity (Wildman–Crippen MR) is 114 cm³/mol. The average Bonchev–Trinajstić information content (AvgIpc) is 2.99. The molecule has 2 aromatic rings. The highest BCUT2D eigenvalue weighted by atomic mass is 32.2. The lowest BCUT2D eigenvalue weighted by atomic mass is 10.1. The Morgan fingerprint density at radius 2 is 1.83 bits per heavy atom. The van der Waals surface area contributed by atoms with Crippen molar-refractivity contribution in [1.82, 2.24) is 24.4 Å². The summed E-state index contributed by atoms with van der Waals surface area (Å²) in [6.45, 7) is 7.10. The first kappa shape index (κ1) is 22.5. The molecule has 166 valence electrons. The SMILES string of the molecule is COc1ccc(CN2CCc3nnc([C@@H](NS(C)(=O)=O)C(C)C)n3CC2)cc1OC. The third-order valence-electron chi connectivity index (χ3n) is 5.29. The van der Waals surface area contributed by atoms with E-state index in [1.54, 1.807) is 14.2 Å². The zero-order valence-electron chi connectivity index (χ0n) is 18.3. The van der Waals surface area contributed by atoms with Crippen molar-refractivity contribution in [1.29, 1.82) is 0 Å². The van der Waals surface area contributed by atoms with Crippen molar-refractivity contribution in [3.63, 3.8) is 0 Å². The van der Waals surface area contributed by atoms with Gasteiger partial charge in [0.1, 0.15) is 5.82 Å². The third-order valence-corrected chi connectivity index (χ3v) is 5.97. The minimum atomic E-state index is -3.36. The average molecular weight is 438 g/mol. The Labute approximate surface area is 178 Å². The number of fused-ring (bicyclic) bond motifs is 1. The van der Waals surface area contributed by atoms with Gasteiger partial charge in [0.15, 0.2) is 17.3 Å². The normalized spacial score (nSPS) is 16.2. The molecule has 1 N–H and O–H groups in total. The molecule has 1 aromatic carbocycles. The molecule has 1 aliphatic heterocycles. The van der Waals surface area contributed by atoms with Crippen LogP contribution in [0.1, 0.15) is 37.1 Å². The van der Waals surface area contributed by atoms with E-state index >= 15 is 0 Å². The summed E-state index contributed by atoms with van der Waals surface area (Å²) in [4.78, 5) is 2.36. The summed E-state index contributed by atoms with van der Waals surface area (Å²) in [7, 11) is -0.0945. The van der Waals surface area contributed by atoms with Gasteiger partial charge in [-0.25, -0.2) is 13.1 Å². The van der Waals surface area contributed by atoms with E-state index in [0.29, 0.717) is 18.1 Å². The molecule has 0 radical (unpaired) electrons. The molecule has 9 nitrogen and oxygen atoms in total. The Balaban J connectivity index is 1.75. The van der Waals surface area contributed by atoms with Gasteiger partial charge in [-0.3, -0.25) is 4.90 Å². The molecule has 1 atom stereocenters. The van der Waals surface area contributed by atoms with Crippen molar-refractivity contribution in [3.8, 4) is 11.5 Å². The first-order valence-electron chi connectivity index (χ1n) is 10.0. The summed E-state index contributed by atoms with van der Waals surface area (Å²) in [5.74, 6) is 3.06. The van der Waals surface area contributed by atoms with Crippen molar-refractivity contribution in [2.45, 2.75) is 39.4 Å². The number of aromatic nitrogens is 3.